The summed E-state index contributed by atoms with van der Waals surface area (Å²) in [6.07, 6.45) is 0.962. The van der Waals surface area contributed by atoms with Gasteiger partial charge in [0.05, 0.1) is 12.1 Å². The van der Waals surface area contributed by atoms with Gasteiger partial charge >= 0.3 is 0 Å². The minimum Gasteiger partial charge on any atom is -0.495 e. The summed E-state index contributed by atoms with van der Waals surface area (Å²) in [5.74, 6) is 0.482. The predicted octanol–water partition coefficient (Wildman–Crippen LogP) is 4.14. The van der Waals surface area contributed by atoms with Crippen molar-refractivity contribution in [3.63, 3.8) is 0 Å². The lowest BCUT2D eigenvalue weighted by Gasteiger charge is -2.06. The van der Waals surface area contributed by atoms with Crippen molar-refractivity contribution in [2.45, 2.75) is 13.3 Å². The van der Waals surface area contributed by atoms with Gasteiger partial charge in [0.15, 0.2) is 5.78 Å². The van der Waals surface area contributed by atoms with Crippen LogP contribution >= 0.6 is 11.6 Å². The lowest BCUT2D eigenvalue weighted by atomic mass is 10.0. The Kier molecular flexibility index (Phi) is 4.23. The number of halogens is 1. The number of carbonyl (C=O) groups is 1. The second-order valence-corrected chi connectivity index (χ2v) is 4.64. The molecule has 0 aromatic heterocycles. The van der Waals surface area contributed by atoms with Crippen LogP contribution in [0, 0.1) is 0 Å². The molecule has 2 aromatic rings. The highest BCUT2D eigenvalue weighted by molar-refractivity contribution is 6.32. The van der Waals surface area contributed by atoms with Crippen molar-refractivity contribution in [2.24, 2.45) is 0 Å². The molecule has 0 saturated carbocycles. The smallest absolute Gasteiger partial charge is 0.193 e. The number of carbonyl (C=O) groups excluding carboxylic acids is 1. The van der Waals surface area contributed by atoms with E-state index in [0.29, 0.717) is 21.9 Å². The van der Waals surface area contributed by atoms with Crippen molar-refractivity contribution in [1.29, 1.82) is 0 Å². The fourth-order valence-corrected chi connectivity index (χ4v) is 2.05. The highest BCUT2D eigenvalue weighted by Crippen LogP contribution is 2.26. The SMILES string of the molecule is CCc1ccc(C(=O)c2ccc(Cl)c(OC)c2)cc1. The monoisotopic (exact) mass is 274 g/mol. The van der Waals surface area contributed by atoms with Crippen LogP contribution in [0.1, 0.15) is 28.4 Å². The standard InChI is InChI=1S/C16H15ClO2/c1-3-11-4-6-12(7-5-11)16(18)13-8-9-14(17)15(10-13)19-2/h4-10H,3H2,1-2H3. The summed E-state index contributed by atoms with van der Waals surface area (Å²) in [6, 6.07) is 12.7. The summed E-state index contributed by atoms with van der Waals surface area (Å²) in [5.41, 5.74) is 2.46. The van der Waals surface area contributed by atoms with Crippen molar-refractivity contribution >= 4 is 17.4 Å². The van der Waals surface area contributed by atoms with Crippen LogP contribution in [0.3, 0.4) is 0 Å². The molecular weight excluding hydrogens is 260 g/mol. The average Bonchev–Trinajstić information content (AvgIpc) is 2.47. The molecule has 0 N–H and O–H groups in total. The van der Waals surface area contributed by atoms with E-state index in [1.807, 2.05) is 24.3 Å². The summed E-state index contributed by atoms with van der Waals surface area (Å²) in [6.45, 7) is 2.08. The van der Waals surface area contributed by atoms with E-state index in [1.54, 1.807) is 18.2 Å². The molecule has 3 heteroatoms. The number of benzene rings is 2. The van der Waals surface area contributed by atoms with Crippen molar-refractivity contribution in [3.8, 4) is 5.75 Å². The number of hydrogen-bond donors (Lipinski definition) is 0. The zero-order valence-corrected chi connectivity index (χ0v) is 11.7. The molecule has 0 aliphatic rings. The molecule has 0 unspecified atom stereocenters. The van der Waals surface area contributed by atoms with E-state index in [2.05, 4.69) is 6.92 Å². The van der Waals surface area contributed by atoms with E-state index in [1.165, 1.54) is 12.7 Å². The first kappa shape index (κ1) is 13.6. The van der Waals surface area contributed by atoms with Crippen LogP contribution in [0.5, 0.6) is 5.75 Å². The van der Waals surface area contributed by atoms with Gasteiger partial charge in [0.2, 0.25) is 0 Å². The van der Waals surface area contributed by atoms with Gasteiger partial charge in [-0.15, -0.1) is 0 Å². The molecule has 0 fully saturated rings. The number of hydrogen-bond acceptors (Lipinski definition) is 2. The largest absolute Gasteiger partial charge is 0.495 e. The first-order valence-electron chi connectivity index (χ1n) is 6.13. The van der Waals surface area contributed by atoms with Crippen molar-refractivity contribution in [2.75, 3.05) is 7.11 Å². The molecule has 0 saturated heterocycles. The number of rotatable bonds is 4. The van der Waals surface area contributed by atoms with Gasteiger partial charge in [-0.05, 0) is 30.2 Å². The Morgan fingerprint density at radius 3 is 2.32 bits per heavy atom. The first-order chi connectivity index (χ1) is 9.15. The first-order valence-corrected chi connectivity index (χ1v) is 6.50. The topological polar surface area (TPSA) is 26.3 Å². The van der Waals surface area contributed by atoms with Crippen LogP contribution in [0.2, 0.25) is 5.02 Å². The fraction of sp³-hybridized carbons (Fsp3) is 0.188. The van der Waals surface area contributed by atoms with Crippen LogP contribution in [0.4, 0.5) is 0 Å². The van der Waals surface area contributed by atoms with Crippen LogP contribution in [0.25, 0.3) is 0 Å². The maximum absolute atomic E-state index is 12.3. The van der Waals surface area contributed by atoms with Crippen LogP contribution in [-0.2, 0) is 6.42 Å². The fourth-order valence-electron chi connectivity index (χ4n) is 1.86. The highest BCUT2D eigenvalue weighted by atomic mass is 35.5. The zero-order chi connectivity index (χ0) is 13.8. The van der Waals surface area contributed by atoms with Gasteiger partial charge in [-0.3, -0.25) is 4.79 Å². The molecule has 98 valence electrons. The van der Waals surface area contributed by atoms with E-state index in [9.17, 15) is 4.79 Å². The third-order valence-electron chi connectivity index (χ3n) is 3.04. The Morgan fingerprint density at radius 2 is 1.74 bits per heavy atom. The van der Waals surface area contributed by atoms with Gasteiger partial charge in [0.1, 0.15) is 5.75 Å². The molecule has 0 amide bonds. The Hall–Kier alpha value is -1.80. The molecule has 2 nitrogen and oxygen atoms in total. The van der Waals surface area contributed by atoms with Crippen LogP contribution in [0.15, 0.2) is 42.5 Å². The molecule has 0 atom stereocenters. The summed E-state index contributed by atoms with van der Waals surface area (Å²) in [7, 11) is 1.53. The third kappa shape index (κ3) is 2.96. The zero-order valence-electron chi connectivity index (χ0n) is 10.9. The molecule has 0 aliphatic heterocycles. The van der Waals surface area contributed by atoms with E-state index in [4.69, 9.17) is 16.3 Å². The number of ether oxygens (including phenoxy) is 1. The van der Waals surface area contributed by atoms with Crippen molar-refractivity contribution < 1.29 is 9.53 Å². The molecule has 2 aromatic carbocycles. The van der Waals surface area contributed by atoms with Crippen LogP contribution in [-0.4, -0.2) is 12.9 Å². The minimum absolute atomic E-state index is 0.0300. The average molecular weight is 275 g/mol. The molecule has 0 radical (unpaired) electrons. The number of ketones is 1. The molecule has 0 aliphatic carbocycles. The maximum atomic E-state index is 12.3. The van der Waals surface area contributed by atoms with E-state index >= 15 is 0 Å². The summed E-state index contributed by atoms with van der Waals surface area (Å²) in [4.78, 5) is 12.3. The predicted molar refractivity (Wildman–Crippen MR) is 77.3 cm³/mol. The third-order valence-corrected chi connectivity index (χ3v) is 3.35. The van der Waals surface area contributed by atoms with Gasteiger partial charge in [0, 0.05) is 11.1 Å². The normalized spacial score (nSPS) is 10.3. The Bertz CT molecular complexity index is 588. The Labute approximate surface area is 118 Å². The minimum atomic E-state index is -0.0300. The highest BCUT2D eigenvalue weighted by Gasteiger charge is 2.11. The van der Waals surface area contributed by atoms with Gasteiger partial charge in [-0.25, -0.2) is 0 Å². The van der Waals surface area contributed by atoms with E-state index in [-0.39, 0.29) is 5.78 Å². The summed E-state index contributed by atoms with van der Waals surface area (Å²) in [5, 5.41) is 0.500. The van der Waals surface area contributed by atoms with Gasteiger partial charge < -0.3 is 4.74 Å². The van der Waals surface area contributed by atoms with E-state index < -0.39 is 0 Å². The lowest BCUT2D eigenvalue weighted by Crippen LogP contribution is -2.02. The second-order valence-electron chi connectivity index (χ2n) is 4.23. The molecule has 0 heterocycles. The maximum Gasteiger partial charge on any atom is 0.193 e. The molecule has 0 spiro atoms. The number of aryl methyl sites for hydroxylation is 1. The van der Waals surface area contributed by atoms with E-state index in [0.717, 1.165) is 6.42 Å². The lowest BCUT2D eigenvalue weighted by molar-refractivity contribution is 0.103. The van der Waals surface area contributed by atoms with Crippen LogP contribution < -0.4 is 4.74 Å². The Morgan fingerprint density at radius 1 is 1.11 bits per heavy atom. The molecule has 19 heavy (non-hydrogen) atoms. The number of methoxy groups -OCH3 is 1. The van der Waals surface area contributed by atoms with Crippen molar-refractivity contribution in [1.82, 2.24) is 0 Å². The summed E-state index contributed by atoms with van der Waals surface area (Å²) >= 11 is 5.95. The quantitative estimate of drug-likeness (QED) is 0.783. The van der Waals surface area contributed by atoms with Gasteiger partial charge in [-0.2, -0.15) is 0 Å². The van der Waals surface area contributed by atoms with Crippen molar-refractivity contribution in [3.05, 3.63) is 64.2 Å². The molecule has 0 bridgehead atoms. The Balaban J connectivity index is 2.32. The molecular formula is C16H15ClO2. The van der Waals surface area contributed by atoms with Gasteiger partial charge in [-0.1, -0.05) is 42.8 Å². The molecule has 2 rings (SSSR count). The van der Waals surface area contributed by atoms with Gasteiger partial charge in [0.25, 0.3) is 0 Å². The second kappa shape index (κ2) is 5.89. The summed E-state index contributed by atoms with van der Waals surface area (Å²) < 4.78 is 5.12.